The second kappa shape index (κ2) is 9.89. The molecule has 9 heteroatoms. The Morgan fingerprint density at radius 1 is 1.03 bits per heavy atom. The average molecular weight is 525 g/mol. The average Bonchev–Trinajstić information content (AvgIpc) is 3.33. The van der Waals surface area contributed by atoms with Crippen molar-refractivity contribution in [3.8, 4) is 0 Å². The van der Waals surface area contributed by atoms with E-state index in [1.54, 1.807) is 30.6 Å². The van der Waals surface area contributed by atoms with Gasteiger partial charge in [-0.25, -0.2) is 4.79 Å². The Balaban J connectivity index is 1.37. The van der Waals surface area contributed by atoms with Crippen LogP contribution in [0.25, 0.3) is 0 Å². The van der Waals surface area contributed by atoms with Gasteiger partial charge in [0.05, 0.1) is 6.54 Å². The summed E-state index contributed by atoms with van der Waals surface area (Å²) in [6.45, 7) is 7.94. The molecular formula is C29H40N4O5. The van der Waals surface area contributed by atoms with E-state index in [2.05, 4.69) is 22.3 Å². The number of alkyl carbamates (subject to hydrolysis) is 1. The van der Waals surface area contributed by atoms with E-state index in [0.29, 0.717) is 38.3 Å². The number of ether oxygens (including phenoxy) is 1. The molecule has 0 aromatic heterocycles. The molecule has 4 amide bonds. The number of likely N-dealkylation sites (tertiary alicyclic amines) is 1. The van der Waals surface area contributed by atoms with E-state index in [1.165, 1.54) is 12.5 Å². The summed E-state index contributed by atoms with van der Waals surface area (Å²) in [5.41, 5.74) is 0.431. The molecule has 1 saturated carbocycles. The first-order valence-electron chi connectivity index (χ1n) is 13.9. The first-order chi connectivity index (χ1) is 18.0. The quantitative estimate of drug-likeness (QED) is 0.655. The molecule has 3 aliphatic heterocycles. The Morgan fingerprint density at radius 3 is 2.37 bits per heavy atom. The lowest BCUT2D eigenvalue weighted by Gasteiger charge is -2.40. The van der Waals surface area contributed by atoms with Crippen LogP contribution in [0.3, 0.4) is 0 Å². The molecule has 9 nitrogen and oxygen atoms in total. The van der Waals surface area contributed by atoms with E-state index < -0.39 is 23.8 Å². The Labute approximate surface area is 224 Å². The zero-order valence-electron chi connectivity index (χ0n) is 22.9. The van der Waals surface area contributed by atoms with Crippen LogP contribution >= 0.6 is 0 Å². The lowest BCUT2D eigenvalue weighted by molar-refractivity contribution is -0.149. The smallest absolute Gasteiger partial charge is 0.408 e. The van der Waals surface area contributed by atoms with Gasteiger partial charge in [0.1, 0.15) is 17.7 Å². The van der Waals surface area contributed by atoms with Crippen LogP contribution in [-0.2, 0) is 19.1 Å². The fourth-order valence-electron chi connectivity index (χ4n) is 6.58. The van der Waals surface area contributed by atoms with Crippen molar-refractivity contribution in [1.29, 1.82) is 0 Å². The Kier molecular flexibility index (Phi) is 6.90. The summed E-state index contributed by atoms with van der Waals surface area (Å²) in [5, 5.41) is 2.71. The molecule has 38 heavy (non-hydrogen) atoms. The van der Waals surface area contributed by atoms with Gasteiger partial charge >= 0.3 is 6.09 Å². The molecule has 3 saturated heterocycles. The highest BCUT2D eigenvalue weighted by atomic mass is 16.6. The largest absolute Gasteiger partial charge is 0.444 e. The molecule has 1 aromatic rings. The normalized spacial score (nSPS) is 28.5. The summed E-state index contributed by atoms with van der Waals surface area (Å²) in [6.07, 6.45) is 4.17. The third-order valence-electron chi connectivity index (χ3n) is 8.58. The first kappa shape index (κ1) is 26.5. The fourth-order valence-corrected chi connectivity index (χ4v) is 6.58. The van der Waals surface area contributed by atoms with Crippen LogP contribution < -0.4 is 5.32 Å². The zero-order chi connectivity index (χ0) is 27.2. The highest BCUT2D eigenvalue weighted by Gasteiger charge is 2.58. The zero-order valence-corrected chi connectivity index (χ0v) is 22.9. The third kappa shape index (κ3) is 5.24. The van der Waals surface area contributed by atoms with Crippen LogP contribution in [0.5, 0.6) is 0 Å². The lowest BCUT2D eigenvalue weighted by atomic mass is 9.96. The van der Waals surface area contributed by atoms with E-state index in [-0.39, 0.29) is 35.8 Å². The molecule has 1 unspecified atom stereocenters. The van der Waals surface area contributed by atoms with Gasteiger partial charge in [-0.3, -0.25) is 14.4 Å². The minimum atomic E-state index is -0.976. The van der Waals surface area contributed by atoms with Crippen molar-refractivity contribution in [3.63, 3.8) is 0 Å². The topological polar surface area (TPSA) is 99.3 Å². The Morgan fingerprint density at radius 2 is 1.74 bits per heavy atom. The second-order valence-corrected chi connectivity index (χ2v) is 12.4. The van der Waals surface area contributed by atoms with Crippen LogP contribution in [0.2, 0.25) is 0 Å². The van der Waals surface area contributed by atoms with E-state index in [4.69, 9.17) is 4.74 Å². The van der Waals surface area contributed by atoms with Gasteiger partial charge in [0.15, 0.2) is 0 Å². The first-order valence-corrected chi connectivity index (χ1v) is 13.9. The maximum absolute atomic E-state index is 14.1. The van der Waals surface area contributed by atoms with Crippen LogP contribution in [0.1, 0.15) is 77.7 Å². The molecule has 1 N–H and O–H groups in total. The summed E-state index contributed by atoms with van der Waals surface area (Å²) >= 11 is 0. The van der Waals surface area contributed by atoms with Crippen LogP contribution in [0.4, 0.5) is 4.79 Å². The summed E-state index contributed by atoms with van der Waals surface area (Å²) in [4.78, 5) is 58.4. The van der Waals surface area contributed by atoms with Crippen LogP contribution in [0, 0.1) is 0 Å². The summed E-state index contributed by atoms with van der Waals surface area (Å²) < 4.78 is 5.41. The maximum Gasteiger partial charge on any atom is 0.408 e. The third-order valence-corrected chi connectivity index (χ3v) is 8.58. The van der Waals surface area contributed by atoms with Gasteiger partial charge in [-0.15, -0.1) is 0 Å². The van der Waals surface area contributed by atoms with E-state index in [9.17, 15) is 19.2 Å². The van der Waals surface area contributed by atoms with Crippen LogP contribution in [0.15, 0.2) is 30.3 Å². The Hall–Kier alpha value is -3.10. The van der Waals surface area contributed by atoms with Crippen molar-refractivity contribution in [2.45, 2.75) is 101 Å². The predicted molar refractivity (Wildman–Crippen MR) is 141 cm³/mol. The molecular weight excluding hydrogens is 484 g/mol. The van der Waals surface area contributed by atoms with Gasteiger partial charge in [-0.2, -0.15) is 0 Å². The summed E-state index contributed by atoms with van der Waals surface area (Å²) in [7, 11) is 0. The van der Waals surface area contributed by atoms with E-state index in [1.807, 2.05) is 18.2 Å². The molecule has 4 aliphatic rings. The lowest BCUT2D eigenvalue weighted by Crippen LogP contribution is -2.61. The van der Waals surface area contributed by atoms with Gasteiger partial charge in [-0.1, -0.05) is 30.3 Å². The number of nitrogens with one attached hydrogen (secondary N) is 1. The van der Waals surface area contributed by atoms with Crippen molar-refractivity contribution >= 4 is 23.8 Å². The number of hydrogen-bond donors (Lipinski definition) is 1. The van der Waals surface area contributed by atoms with Gasteiger partial charge in [0.25, 0.3) is 0 Å². The maximum atomic E-state index is 14.1. The van der Waals surface area contributed by atoms with Crippen molar-refractivity contribution in [2.24, 2.45) is 0 Å². The highest BCUT2D eigenvalue weighted by Crippen LogP contribution is 2.54. The molecule has 1 aliphatic carbocycles. The highest BCUT2D eigenvalue weighted by molar-refractivity contribution is 5.93. The predicted octanol–water partition coefficient (Wildman–Crippen LogP) is 3.04. The molecule has 0 bridgehead atoms. The summed E-state index contributed by atoms with van der Waals surface area (Å²) in [6, 6.07) is 8.69. The monoisotopic (exact) mass is 524 g/mol. The van der Waals surface area contributed by atoms with Gasteiger partial charge in [0, 0.05) is 37.5 Å². The molecule has 4 fully saturated rings. The second-order valence-electron chi connectivity index (χ2n) is 12.4. The number of carbonyl (C=O) groups is 4. The minimum absolute atomic E-state index is 0.0248. The molecule has 5 rings (SSSR count). The Bertz CT molecular complexity index is 1100. The van der Waals surface area contributed by atoms with Gasteiger partial charge in [-0.05, 0) is 64.9 Å². The SMILES string of the molecule is CC(=O)N1CC[C@H]2CC[C@@H](C(=O)N3CC(c4ccccc4)CC34CC4)N2C(=O)[C@@H](NC(=O)OC(C)(C)C)C1. The van der Waals surface area contributed by atoms with Crippen molar-refractivity contribution < 1.29 is 23.9 Å². The molecule has 1 aromatic carbocycles. The summed E-state index contributed by atoms with van der Waals surface area (Å²) in [5.74, 6) is -0.135. The number of rotatable bonds is 3. The number of carbonyl (C=O) groups excluding carboxylic acids is 4. The molecule has 3 heterocycles. The fraction of sp³-hybridized carbons (Fsp3) is 0.655. The number of nitrogens with zero attached hydrogens (tertiary/aromatic N) is 3. The number of amides is 4. The molecule has 0 radical (unpaired) electrons. The molecule has 4 atom stereocenters. The number of hydrogen-bond acceptors (Lipinski definition) is 5. The molecule has 1 spiro atoms. The number of benzene rings is 1. The van der Waals surface area contributed by atoms with Gasteiger partial charge < -0.3 is 24.8 Å². The van der Waals surface area contributed by atoms with Crippen molar-refractivity contribution in [2.75, 3.05) is 19.6 Å². The van der Waals surface area contributed by atoms with Gasteiger partial charge in [0.2, 0.25) is 17.7 Å². The minimum Gasteiger partial charge on any atom is -0.444 e. The van der Waals surface area contributed by atoms with Crippen LogP contribution in [-0.4, -0.2) is 87.4 Å². The molecule has 206 valence electrons. The van der Waals surface area contributed by atoms with Crippen molar-refractivity contribution in [1.82, 2.24) is 20.0 Å². The van der Waals surface area contributed by atoms with E-state index >= 15 is 0 Å². The van der Waals surface area contributed by atoms with Crippen molar-refractivity contribution in [3.05, 3.63) is 35.9 Å². The van der Waals surface area contributed by atoms with E-state index in [0.717, 1.165) is 19.3 Å². The standard InChI is InChI=1S/C29H40N4O5/c1-19(34)31-15-12-22-10-11-24(33(22)25(35)23(18-31)30-27(37)38-28(2,3)4)26(36)32-17-21(16-29(32)13-14-29)20-8-6-5-7-9-20/h5-9,21-24H,10-18H2,1-4H3,(H,30,37)/t21?,22-,23+,24+/m1/s1. The number of fused-ring (bicyclic) bond motifs is 1.